The van der Waals surface area contributed by atoms with Crippen LogP contribution < -0.4 is 36.5 Å². The maximum atomic E-state index is 15.4. The van der Waals surface area contributed by atoms with Gasteiger partial charge >= 0.3 is 23.7 Å². The van der Waals surface area contributed by atoms with Gasteiger partial charge in [-0.25, -0.2) is 47.3 Å². The number of para-hydroxylation sites is 1. The van der Waals surface area contributed by atoms with E-state index in [-0.39, 0.29) is 103 Å². The average Bonchev–Trinajstić information content (AvgIpc) is 1.37. The highest BCUT2D eigenvalue weighted by atomic mass is 35.5. The van der Waals surface area contributed by atoms with Crippen molar-refractivity contribution >= 4 is 103 Å². The van der Waals surface area contributed by atoms with Gasteiger partial charge in [0.2, 0.25) is 17.7 Å². The van der Waals surface area contributed by atoms with Gasteiger partial charge in [-0.1, -0.05) is 138 Å². The van der Waals surface area contributed by atoms with E-state index in [0.29, 0.717) is 144 Å². The van der Waals surface area contributed by atoms with Crippen molar-refractivity contribution in [2.45, 2.75) is 155 Å². The fourth-order valence-corrected chi connectivity index (χ4v) is 19.0. The predicted molar refractivity (Wildman–Crippen MR) is 476 cm³/mol. The van der Waals surface area contributed by atoms with Crippen molar-refractivity contribution in [3.8, 4) is 56.6 Å². The molecule has 4 aromatic carbocycles. The lowest BCUT2D eigenvalue weighted by atomic mass is 9.63. The van der Waals surface area contributed by atoms with Crippen molar-refractivity contribution in [3.05, 3.63) is 234 Å². The van der Waals surface area contributed by atoms with E-state index in [1.54, 1.807) is 55.8 Å². The Balaban J connectivity index is 0.000000144. The number of anilines is 3. The zero-order chi connectivity index (χ0) is 88.2. The zero-order valence-electron chi connectivity index (χ0n) is 70.1. The second-order valence-corrected chi connectivity index (χ2v) is 34.5. The number of fused-ring (bicyclic) bond motifs is 3. The topological polar surface area (TPSA) is 256 Å². The number of halogens is 7. The second kappa shape index (κ2) is 35.8. The van der Waals surface area contributed by atoms with Gasteiger partial charge in [-0.2, -0.15) is 23.7 Å². The summed E-state index contributed by atoms with van der Waals surface area (Å²) >= 11 is 20.4. The molecule has 24 nitrogen and oxygen atoms in total. The molecular weight excluding hydrogens is 1650 g/mol. The van der Waals surface area contributed by atoms with Crippen LogP contribution in [-0.2, 0) is 14.4 Å². The molecule has 0 bridgehead atoms. The number of hydrogen-bond acceptors (Lipinski definition) is 18. The van der Waals surface area contributed by atoms with Crippen molar-refractivity contribution in [1.82, 2.24) is 63.3 Å². The normalized spacial score (nSPS) is 18.2. The number of alkyl halides is 2. The molecule has 1 N–H and O–H groups in total. The van der Waals surface area contributed by atoms with E-state index in [4.69, 9.17) is 49.8 Å². The van der Waals surface area contributed by atoms with Crippen LogP contribution in [0.5, 0.6) is 11.5 Å². The highest BCUT2D eigenvalue weighted by molar-refractivity contribution is 6.35. The summed E-state index contributed by atoms with van der Waals surface area (Å²) in [6, 6.07) is 29.2. The van der Waals surface area contributed by atoms with Crippen LogP contribution in [0.3, 0.4) is 0 Å². The van der Waals surface area contributed by atoms with Crippen molar-refractivity contribution in [2.24, 2.45) is 5.41 Å². The van der Waals surface area contributed by atoms with E-state index in [0.717, 1.165) is 73.8 Å². The molecule has 17 rings (SSSR count). The fourth-order valence-electron chi connectivity index (χ4n) is 18.2. The average molecular weight is 1750 g/mol. The van der Waals surface area contributed by atoms with Crippen molar-refractivity contribution in [1.29, 1.82) is 0 Å². The number of phenols is 1. The number of amides is 3. The van der Waals surface area contributed by atoms with Gasteiger partial charge in [0.25, 0.3) is 0 Å². The number of carbonyl (C=O) groups excluding carboxylic acids is 3. The zero-order valence-corrected chi connectivity index (χ0v) is 72.3. The third-order valence-corrected chi connectivity index (χ3v) is 25.6. The summed E-state index contributed by atoms with van der Waals surface area (Å²) in [5.74, 6) is -0.0603. The first-order valence-corrected chi connectivity index (χ1v) is 42.9. The van der Waals surface area contributed by atoms with E-state index < -0.39 is 35.3 Å². The standard InChI is InChI=1S/C33H34ClFN6O2.C31H30ClF2N5O3.C29H31ClFN5O3/c1-6-27(42)39-13-14-40(20(5)17-39)31-24-16-25(34)29(23-15-22(21-7-8-21)9-10-26(23)35)37-32(24)41(33(43)38-31)30-19(4)11-12-36-28(30)18(2)3;1-5-26(40)37-13-14-38(19(4)17-37)28-23-16-24(32)27(20-9-8-10-21(15-20)42-30(33)34)35-29(23)39(31(41)36-28)25-12-7-6-11-22(25)18(2)3;1-3-23(38)34-13-14-35(17(2)16-34)26-18-15-19(30)25(24-20(31)7-6-8-21(24)37)32-27(18)36(28(39)33-26)22-9-12-29(22)10-4-5-11-29/h6,9-12,15-16,18,20-21H,1,7-8,13-14,17H2,2-5H3;5-12,15-16,18-19,30H,1,13-14,17H2,2-4H3;3,6-8,15,17,22,37H,1,4-5,9-14,16H2,2H3/t20-;19-;/m00./s1. The summed E-state index contributed by atoms with van der Waals surface area (Å²) in [5, 5.41) is 12.9. The number of rotatable bonds is 17. The smallest absolute Gasteiger partial charge is 0.387 e. The van der Waals surface area contributed by atoms with E-state index in [1.165, 1.54) is 63.8 Å². The molecular formula is C93H95Cl3F4N16O8. The molecule has 3 aliphatic heterocycles. The number of nitrogens with zero attached hydrogens (tertiary/aromatic N) is 16. The van der Waals surface area contributed by atoms with E-state index in [1.807, 2.05) is 113 Å². The second-order valence-electron chi connectivity index (χ2n) is 33.3. The molecule has 124 heavy (non-hydrogen) atoms. The summed E-state index contributed by atoms with van der Waals surface area (Å²) in [5.41, 5.74) is 5.67. The molecule has 3 amide bonds. The van der Waals surface area contributed by atoms with E-state index in [9.17, 15) is 47.0 Å². The summed E-state index contributed by atoms with van der Waals surface area (Å²) in [6.07, 6.45) is 14.0. The maximum Gasteiger partial charge on any atom is 0.387 e. The summed E-state index contributed by atoms with van der Waals surface area (Å²) < 4.78 is 65.4. The molecule has 3 saturated carbocycles. The van der Waals surface area contributed by atoms with Crippen molar-refractivity contribution < 1.29 is 41.8 Å². The lowest BCUT2D eigenvalue weighted by molar-refractivity contribution is -0.127. The lowest BCUT2D eigenvalue weighted by Gasteiger charge is -2.48. The van der Waals surface area contributed by atoms with Crippen LogP contribution in [0.2, 0.25) is 15.1 Å². The van der Waals surface area contributed by atoms with Gasteiger partial charge in [-0.05, 0) is 191 Å². The molecule has 7 aromatic heterocycles. The molecule has 4 atom stereocenters. The number of aromatic nitrogens is 10. The number of ether oxygens (including phenoxy) is 1. The summed E-state index contributed by atoms with van der Waals surface area (Å²) in [6.45, 7) is 27.7. The SMILES string of the molecule is C=CC(=O)N1CCN(c2nc(=O)n(-c3c(C)ccnc3C(C)C)c3nc(-c4cc(C5CC5)ccc4F)c(Cl)cc23)[C@@H](C)C1.C=CC(=O)N1CCN(c2nc(=O)n(-c3ccccc3C(C)C)c3nc(-c4cccc(OC(F)F)c4)c(Cl)cc23)[C@@H](C)C1.C=CC(=O)N1CCN(c2nc(=O)n(C3CCC34CCCC4)c3nc(-c4c(O)cccc4F)c(Cl)cc23)C(C)C1. The molecule has 11 aromatic rings. The Kier molecular flexibility index (Phi) is 25.1. The van der Waals surface area contributed by atoms with Gasteiger partial charge < -0.3 is 39.2 Å². The van der Waals surface area contributed by atoms with Gasteiger partial charge in [0.15, 0.2) is 11.3 Å². The Morgan fingerprint density at radius 1 is 0.556 bits per heavy atom. The quantitative estimate of drug-likeness (QED) is 0.0656. The molecule has 3 saturated heterocycles. The highest BCUT2D eigenvalue weighted by Crippen LogP contribution is 2.60. The van der Waals surface area contributed by atoms with E-state index >= 15 is 4.39 Å². The molecule has 31 heteroatoms. The Bertz CT molecular complexity index is 6270. The minimum Gasteiger partial charge on any atom is -0.507 e. The Hall–Kier alpha value is -11.9. The maximum absolute atomic E-state index is 15.4. The van der Waals surface area contributed by atoms with Gasteiger partial charge in [0.05, 0.1) is 70.9 Å². The fraction of sp³-hybridized carbons (Fsp3) is 0.366. The summed E-state index contributed by atoms with van der Waals surface area (Å²) in [7, 11) is 0. The number of pyridine rings is 4. The summed E-state index contributed by atoms with van der Waals surface area (Å²) in [4.78, 5) is 123. The molecule has 3 aliphatic carbocycles. The van der Waals surface area contributed by atoms with Crippen molar-refractivity contribution in [3.63, 3.8) is 0 Å². The minimum atomic E-state index is -2.99. The van der Waals surface area contributed by atoms with Gasteiger partial charge in [0, 0.05) is 100 Å². The molecule has 6 aliphatic rings. The molecule has 2 unspecified atom stereocenters. The minimum absolute atomic E-state index is 0.00598. The van der Waals surface area contributed by atoms with Gasteiger partial charge in [0.1, 0.15) is 46.2 Å². The van der Waals surface area contributed by atoms with Gasteiger partial charge in [-0.3, -0.25) is 23.9 Å². The molecule has 1 spiro atoms. The van der Waals surface area contributed by atoms with Crippen LogP contribution in [-0.4, -0.2) is 170 Å². The van der Waals surface area contributed by atoms with Crippen LogP contribution in [0, 0.1) is 24.0 Å². The van der Waals surface area contributed by atoms with Crippen LogP contribution in [0.1, 0.15) is 146 Å². The van der Waals surface area contributed by atoms with Crippen LogP contribution in [0.15, 0.2) is 168 Å². The predicted octanol–water partition coefficient (Wildman–Crippen LogP) is 17.3. The first kappa shape index (κ1) is 87.0. The highest BCUT2D eigenvalue weighted by Gasteiger charge is 2.51. The van der Waals surface area contributed by atoms with E-state index in [2.05, 4.69) is 44.4 Å². The number of phenolic OH excluding ortho intramolecular Hbond substituents is 1. The van der Waals surface area contributed by atoms with Crippen LogP contribution in [0.4, 0.5) is 35.0 Å². The molecule has 10 heterocycles. The molecule has 0 radical (unpaired) electrons. The van der Waals surface area contributed by atoms with Crippen LogP contribution in [0.25, 0.3) is 78.2 Å². The number of aryl methyl sites for hydroxylation is 1. The number of benzene rings is 4. The number of aromatic hydroxyl groups is 1. The Morgan fingerprint density at radius 3 is 1.60 bits per heavy atom. The van der Waals surface area contributed by atoms with Crippen LogP contribution >= 0.6 is 34.8 Å². The molecule has 6 fully saturated rings. The Morgan fingerprint density at radius 2 is 1.07 bits per heavy atom. The first-order chi connectivity index (χ1) is 59.4. The Labute approximate surface area is 728 Å². The monoisotopic (exact) mass is 1740 g/mol. The third kappa shape index (κ3) is 16.8. The van der Waals surface area contributed by atoms with Crippen molar-refractivity contribution in [2.75, 3.05) is 73.6 Å². The largest absolute Gasteiger partial charge is 0.507 e. The van der Waals surface area contributed by atoms with Gasteiger partial charge in [-0.15, -0.1) is 0 Å². The number of piperazine rings is 3. The first-order valence-electron chi connectivity index (χ1n) is 41.7. The third-order valence-electron chi connectivity index (χ3n) is 24.7. The molecule has 644 valence electrons. The number of hydrogen-bond donors (Lipinski definition) is 1. The lowest BCUT2D eigenvalue weighted by Crippen LogP contribution is -2.54. The number of carbonyl (C=O) groups is 3.